The lowest BCUT2D eigenvalue weighted by molar-refractivity contribution is 1.64. The summed E-state index contributed by atoms with van der Waals surface area (Å²) in [5.41, 5.74) is 8.90. The fourth-order valence-electron chi connectivity index (χ4n) is 2.22. The zero-order valence-corrected chi connectivity index (χ0v) is 10.5. The largest absolute Gasteiger partial charge is 0.398 e. The van der Waals surface area contributed by atoms with Crippen molar-refractivity contribution in [3.63, 3.8) is 0 Å². The van der Waals surface area contributed by atoms with Gasteiger partial charge in [0.2, 0.25) is 0 Å². The van der Waals surface area contributed by atoms with Gasteiger partial charge in [-0.2, -0.15) is 0 Å². The number of fused-ring (bicyclic) bond motifs is 1. The molecule has 18 heavy (non-hydrogen) atoms. The van der Waals surface area contributed by atoms with Gasteiger partial charge in [0.1, 0.15) is 0 Å². The Morgan fingerprint density at radius 1 is 0.778 bits per heavy atom. The number of halogens is 1. The third-order valence-electron chi connectivity index (χ3n) is 3.10. The predicted octanol–water partition coefficient (Wildman–Crippen LogP) is 4.74. The van der Waals surface area contributed by atoms with Crippen LogP contribution in [0.15, 0.2) is 60.7 Å². The molecule has 3 rings (SSSR count). The molecule has 0 spiro atoms. The third-order valence-corrected chi connectivity index (χ3v) is 3.33. The van der Waals surface area contributed by atoms with Crippen LogP contribution in [0, 0.1) is 0 Å². The van der Waals surface area contributed by atoms with E-state index in [4.69, 9.17) is 17.3 Å². The molecule has 0 radical (unpaired) electrons. The summed E-state index contributed by atoms with van der Waals surface area (Å²) in [6.07, 6.45) is 0. The van der Waals surface area contributed by atoms with Crippen LogP contribution < -0.4 is 5.73 Å². The standard InChI is InChI=1S/C16H12ClN/c17-12-8-9-16(18)15(10-12)14-7-3-5-11-4-1-2-6-13(11)14/h1-10H,18H2. The normalized spacial score (nSPS) is 10.7. The first-order valence-corrected chi connectivity index (χ1v) is 6.17. The van der Waals surface area contributed by atoms with Gasteiger partial charge >= 0.3 is 0 Å². The van der Waals surface area contributed by atoms with Crippen molar-refractivity contribution in [2.75, 3.05) is 5.73 Å². The minimum atomic E-state index is 0.701. The molecule has 0 aliphatic carbocycles. The zero-order valence-electron chi connectivity index (χ0n) is 9.73. The quantitative estimate of drug-likeness (QED) is 0.623. The second-order valence-corrected chi connectivity index (χ2v) is 4.69. The smallest absolute Gasteiger partial charge is 0.0413 e. The summed E-state index contributed by atoms with van der Waals surface area (Å²) in [7, 11) is 0. The van der Waals surface area contributed by atoms with E-state index in [-0.39, 0.29) is 0 Å². The third kappa shape index (κ3) is 1.83. The van der Waals surface area contributed by atoms with E-state index < -0.39 is 0 Å². The van der Waals surface area contributed by atoms with Gasteiger partial charge in [-0.3, -0.25) is 0 Å². The van der Waals surface area contributed by atoms with Crippen LogP contribution in [0.1, 0.15) is 0 Å². The minimum absolute atomic E-state index is 0.701. The summed E-state index contributed by atoms with van der Waals surface area (Å²) in [5.74, 6) is 0. The van der Waals surface area contributed by atoms with Crippen LogP contribution in [0.4, 0.5) is 5.69 Å². The van der Waals surface area contributed by atoms with Crippen LogP contribution in [0.2, 0.25) is 5.02 Å². The van der Waals surface area contributed by atoms with Gasteiger partial charge in [0.15, 0.2) is 0 Å². The van der Waals surface area contributed by atoms with Crippen LogP contribution >= 0.6 is 11.6 Å². The maximum atomic E-state index is 6.06. The molecule has 3 aromatic rings. The lowest BCUT2D eigenvalue weighted by Crippen LogP contribution is -1.90. The van der Waals surface area contributed by atoms with Crippen LogP contribution in [0.5, 0.6) is 0 Å². The SMILES string of the molecule is Nc1ccc(Cl)cc1-c1cccc2ccccc12. The van der Waals surface area contributed by atoms with E-state index in [1.807, 2.05) is 36.4 Å². The van der Waals surface area contributed by atoms with Crippen LogP contribution in [0.25, 0.3) is 21.9 Å². The van der Waals surface area contributed by atoms with Crippen LogP contribution in [0.3, 0.4) is 0 Å². The number of nitrogen functional groups attached to an aromatic ring is 1. The van der Waals surface area contributed by atoms with Crippen molar-refractivity contribution >= 4 is 28.1 Å². The summed E-state index contributed by atoms with van der Waals surface area (Å²) in [6.45, 7) is 0. The Hall–Kier alpha value is -1.99. The highest BCUT2D eigenvalue weighted by atomic mass is 35.5. The summed E-state index contributed by atoms with van der Waals surface area (Å²) in [4.78, 5) is 0. The zero-order chi connectivity index (χ0) is 12.5. The van der Waals surface area contributed by atoms with Crippen LogP contribution in [-0.2, 0) is 0 Å². The molecule has 0 aliphatic heterocycles. The monoisotopic (exact) mass is 253 g/mol. The number of benzene rings is 3. The fourth-order valence-corrected chi connectivity index (χ4v) is 2.39. The van der Waals surface area contributed by atoms with Crippen LogP contribution in [-0.4, -0.2) is 0 Å². The maximum Gasteiger partial charge on any atom is 0.0413 e. The summed E-state index contributed by atoms with van der Waals surface area (Å²) >= 11 is 6.06. The fraction of sp³-hybridized carbons (Fsp3) is 0. The van der Waals surface area contributed by atoms with E-state index in [9.17, 15) is 0 Å². The molecule has 3 aromatic carbocycles. The van der Waals surface area contributed by atoms with Crippen molar-refractivity contribution in [1.29, 1.82) is 0 Å². The number of hydrogen-bond donors (Lipinski definition) is 1. The van der Waals surface area contributed by atoms with Gasteiger partial charge in [0.05, 0.1) is 0 Å². The Labute approximate surface area is 111 Å². The molecule has 0 fully saturated rings. The first-order chi connectivity index (χ1) is 8.75. The number of rotatable bonds is 1. The highest BCUT2D eigenvalue weighted by Gasteiger charge is 2.07. The minimum Gasteiger partial charge on any atom is -0.398 e. The van der Waals surface area contributed by atoms with Gasteiger partial charge < -0.3 is 5.73 Å². The molecule has 1 nitrogen and oxygen atoms in total. The highest BCUT2D eigenvalue weighted by molar-refractivity contribution is 6.31. The summed E-state index contributed by atoms with van der Waals surface area (Å²) in [6, 6.07) is 20.1. The molecule has 88 valence electrons. The lowest BCUT2D eigenvalue weighted by atomic mass is 9.97. The van der Waals surface area contributed by atoms with E-state index in [0.717, 1.165) is 16.8 Å². The molecule has 0 unspecified atom stereocenters. The van der Waals surface area contributed by atoms with E-state index in [1.165, 1.54) is 10.8 Å². The molecular formula is C16H12ClN. The molecule has 0 amide bonds. The predicted molar refractivity (Wildman–Crippen MR) is 78.8 cm³/mol. The summed E-state index contributed by atoms with van der Waals surface area (Å²) < 4.78 is 0. The van der Waals surface area contributed by atoms with E-state index in [2.05, 4.69) is 24.3 Å². The maximum absolute atomic E-state index is 6.06. The van der Waals surface area contributed by atoms with Crippen molar-refractivity contribution in [2.45, 2.75) is 0 Å². The lowest BCUT2D eigenvalue weighted by Gasteiger charge is -2.10. The average Bonchev–Trinajstić information content (AvgIpc) is 2.41. The van der Waals surface area contributed by atoms with Crippen molar-refractivity contribution in [2.24, 2.45) is 0 Å². The number of hydrogen-bond acceptors (Lipinski definition) is 1. The molecular weight excluding hydrogens is 242 g/mol. The molecule has 2 N–H and O–H groups in total. The highest BCUT2D eigenvalue weighted by Crippen LogP contribution is 2.33. The van der Waals surface area contributed by atoms with E-state index in [0.29, 0.717) is 5.02 Å². The van der Waals surface area contributed by atoms with E-state index in [1.54, 1.807) is 0 Å². The van der Waals surface area contributed by atoms with Crippen molar-refractivity contribution in [1.82, 2.24) is 0 Å². The molecule has 0 aliphatic rings. The molecule has 0 saturated heterocycles. The summed E-state index contributed by atoms with van der Waals surface area (Å²) in [5, 5.41) is 3.09. The number of nitrogens with two attached hydrogens (primary N) is 1. The molecule has 0 atom stereocenters. The second kappa shape index (κ2) is 4.35. The van der Waals surface area contributed by atoms with Gasteiger partial charge in [0, 0.05) is 16.3 Å². The molecule has 0 saturated carbocycles. The van der Waals surface area contributed by atoms with Crippen molar-refractivity contribution in [3.8, 4) is 11.1 Å². The number of anilines is 1. The van der Waals surface area contributed by atoms with Gasteiger partial charge in [-0.15, -0.1) is 0 Å². The first-order valence-electron chi connectivity index (χ1n) is 5.79. The molecule has 0 aromatic heterocycles. The Morgan fingerprint density at radius 2 is 1.56 bits per heavy atom. The van der Waals surface area contributed by atoms with E-state index >= 15 is 0 Å². The Morgan fingerprint density at radius 3 is 2.44 bits per heavy atom. The van der Waals surface area contributed by atoms with Crippen molar-refractivity contribution in [3.05, 3.63) is 65.7 Å². The first kappa shape index (κ1) is 11.1. The van der Waals surface area contributed by atoms with Gasteiger partial charge in [-0.25, -0.2) is 0 Å². The Balaban J connectivity index is 2.35. The van der Waals surface area contributed by atoms with Gasteiger partial charge in [0.25, 0.3) is 0 Å². The Kier molecular flexibility index (Phi) is 2.69. The Bertz CT molecular complexity index is 714. The second-order valence-electron chi connectivity index (χ2n) is 4.26. The molecule has 2 heteroatoms. The molecule has 0 heterocycles. The average molecular weight is 254 g/mol. The van der Waals surface area contributed by atoms with Gasteiger partial charge in [-0.05, 0) is 34.5 Å². The topological polar surface area (TPSA) is 26.0 Å². The van der Waals surface area contributed by atoms with Crippen molar-refractivity contribution < 1.29 is 0 Å². The molecule has 0 bridgehead atoms. The van der Waals surface area contributed by atoms with Gasteiger partial charge in [-0.1, -0.05) is 54.1 Å².